The Hall–Kier alpha value is -0.750. The second kappa shape index (κ2) is 6.80. The number of benzene rings is 1. The minimum Gasteiger partial charge on any atom is -0.317 e. The van der Waals surface area contributed by atoms with Crippen molar-refractivity contribution >= 4 is 45.8 Å². The van der Waals surface area contributed by atoms with Crippen molar-refractivity contribution in [3.63, 3.8) is 0 Å². The zero-order valence-electron chi connectivity index (χ0n) is 10.7. The first kappa shape index (κ1) is 15.6. The van der Waals surface area contributed by atoms with Gasteiger partial charge in [0.25, 0.3) is 0 Å². The molecule has 0 bridgehead atoms. The maximum atomic E-state index is 12.6. The minimum absolute atomic E-state index is 0. The van der Waals surface area contributed by atoms with Gasteiger partial charge >= 0.3 is 0 Å². The van der Waals surface area contributed by atoms with Crippen LogP contribution >= 0.6 is 24.0 Å². The van der Waals surface area contributed by atoms with Gasteiger partial charge in [-0.3, -0.25) is 4.21 Å². The molecule has 0 saturated carbocycles. The zero-order valence-corrected chi connectivity index (χ0v) is 13.1. The van der Waals surface area contributed by atoms with Gasteiger partial charge in [-0.1, -0.05) is 23.7 Å². The summed E-state index contributed by atoms with van der Waals surface area (Å²) in [5, 5.41) is 4.06. The van der Waals surface area contributed by atoms with Gasteiger partial charge in [0.15, 0.2) is 10.2 Å². The Morgan fingerprint density at radius 2 is 1.75 bits per heavy atom. The molecule has 0 aliphatic carbocycles. The Bertz CT molecular complexity index is 632. The molecule has 2 aromatic rings. The maximum Gasteiger partial charge on any atom is 0.165 e. The molecule has 1 aliphatic rings. The highest BCUT2D eigenvalue weighted by Gasteiger charge is 2.24. The highest BCUT2D eigenvalue weighted by molar-refractivity contribution is 7.85. The van der Waals surface area contributed by atoms with Crippen LogP contribution < -0.4 is 5.32 Å². The summed E-state index contributed by atoms with van der Waals surface area (Å²) in [5.41, 5.74) is 1.47. The van der Waals surface area contributed by atoms with Gasteiger partial charge in [0.05, 0.1) is 21.8 Å². The van der Waals surface area contributed by atoms with Crippen molar-refractivity contribution in [2.75, 3.05) is 13.1 Å². The summed E-state index contributed by atoms with van der Waals surface area (Å²) >= 11 is 6.14. The lowest BCUT2D eigenvalue weighted by Crippen LogP contribution is -2.33. The van der Waals surface area contributed by atoms with Crippen molar-refractivity contribution in [3.05, 3.63) is 29.4 Å². The average molecular weight is 332 g/mol. The third-order valence-corrected chi connectivity index (χ3v) is 5.40. The molecular formula is C13H15Cl2N3OS. The Morgan fingerprint density at radius 3 is 2.40 bits per heavy atom. The first-order valence-electron chi connectivity index (χ1n) is 6.29. The fraction of sp³-hybridized carbons (Fsp3) is 0.385. The van der Waals surface area contributed by atoms with Crippen LogP contribution in [0.25, 0.3) is 11.0 Å². The molecule has 0 amide bonds. The fourth-order valence-electron chi connectivity index (χ4n) is 2.26. The molecule has 1 fully saturated rings. The Morgan fingerprint density at radius 1 is 1.15 bits per heavy atom. The molecule has 0 spiro atoms. The van der Waals surface area contributed by atoms with Crippen LogP contribution in [0.3, 0.4) is 0 Å². The van der Waals surface area contributed by atoms with E-state index in [-0.39, 0.29) is 22.8 Å². The van der Waals surface area contributed by atoms with Crippen LogP contribution in [0, 0.1) is 0 Å². The molecule has 7 heteroatoms. The second-order valence-corrected chi connectivity index (χ2v) is 6.56. The standard InChI is InChI=1S/C13H14ClN3OS.ClH/c14-12-13(19(18)9-5-7-15-8-6-9)17-11-4-2-1-3-10(11)16-12;/h1-4,9,15H,5-8H2;1H. The summed E-state index contributed by atoms with van der Waals surface area (Å²) in [7, 11) is -1.18. The number of fused-ring (bicyclic) bond motifs is 1. The molecule has 2 heterocycles. The van der Waals surface area contributed by atoms with Crippen molar-refractivity contribution in [2.45, 2.75) is 23.1 Å². The van der Waals surface area contributed by atoms with Gasteiger partial charge in [-0.25, -0.2) is 9.97 Å². The van der Waals surface area contributed by atoms with Crippen molar-refractivity contribution in [1.29, 1.82) is 0 Å². The lowest BCUT2D eigenvalue weighted by Gasteiger charge is -2.21. The van der Waals surface area contributed by atoms with Crippen molar-refractivity contribution in [1.82, 2.24) is 15.3 Å². The van der Waals surface area contributed by atoms with Crippen molar-refractivity contribution < 1.29 is 4.21 Å². The smallest absolute Gasteiger partial charge is 0.165 e. The summed E-state index contributed by atoms with van der Waals surface area (Å²) in [4.78, 5) is 8.72. The number of hydrogen-bond acceptors (Lipinski definition) is 4. The van der Waals surface area contributed by atoms with Crippen LogP contribution in [0.2, 0.25) is 5.15 Å². The Balaban J connectivity index is 0.00000147. The van der Waals surface area contributed by atoms with Gasteiger partial charge < -0.3 is 5.32 Å². The summed E-state index contributed by atoms with van der Waals surface area (Å²) in [6.07, 6.45) is 1.77. The van der Waals surface area contributed by atoms with E-state index >= 15 is 0 Å². The van der Waals surface area contributed by atoms with Gasteiger partial charge in [-0.15, -0.1) is 12.4 Å². The largest absolute Gasteiger partial charge is 0.317 e. The number of rotatable bonds is 2. The highest BCUT2D eigenvalue weighted by atomic mass is 35.5. The molecule has 4 nitrogen and oxygen atoms in total. The lowest BCUT2D eigenvalue weighted by molar-refractivity contribution is 0.519. The second-order valence-electron chi connectivity index (χ2n) is 4.56. The van der Waals surface area contributed by atoms with Gasteiger partial charge in [0.2, 0.25) is 0 Å². The third-order valence-electron chi connectivity index (χ3n) is 3.28. The monoisotopic (exact) mass is 331 g/mol. The molecule has 1 saturated heterocycles. The van der Waals surface area contributed by atoms with Crippen LogP contribution in [-0.2, 0) is 10.8 Å². The minimum atomic E-state index is -1.18. The molecule has 20 heavy (non-hydrogen) atoms. The van der Waals surface area contributed by atoms with Crippen molar-refractivity contribution in [3.8, 4) is 0 Å². The van der Waals surface area contributed by atoms with E-state index in [0.29, 0.717) is 5.03 Å². The molecule has 108 valence electrons. The van der Waals surface area contributed by atoms with Gasteiger partial charge in [-0.2, -0.15) is 0 Å². The number of aromatic nitrogens is 2. The van der Waals surface area contributed by atoms with Crippen molar-refractivity contribution in [2.24, 2.45) is 0 Å². The van der Waals surface area contributed by atoms with E-state index in [1.54, 1.807) is 0 Å². The molecule has 1 N–H and O–H groups in total. The molecule has 1 unspecified atom stereocenters. The van der Waals surface area contributed by atoms with Crippen LogP contribution in [0.5, 0.6) is 0 Å². The van der Waals surface area contributed by atoms with E-state index in [2.05, 4.69) is 15.3 Å². The molecule has 1 atom stereocenters. The molecule has 3 rings (SSSR count). The van der Waals surface area contributed by atoms with E-state index in [9.17, 15) is 4.21 Å². The predicted octanol–water partition coefficient (Wildman–Crippen LogP) is 2.56. The highest BCUT2D eigenvalue weighted by Crippen LogP contribution is 2.24. The van der Waals surface area contributed by atoms with E-state index in [1.165, 1.54) is 0 Å². The molecule has 0 radical (unpaired) electrons. The van der Waals surface area contributed by atoms with Gasteiger partial charge in [-0.05, 0) is 38.1 Å². The molecule has 1 aliphatic heterocycles. The Kier molecular flexibility index (Phi) is 5.32. The van der Waals surface area contributed by atoms with Gasteiger partial charge in [0.1, 0.15) is 0 Å². The fourth-order valence-corrected chi connectivity index (χ4v) is 4.00. The Labute approximate surface area is 131 Å². The average Bonchev–Trinajstić information content (AvgIpc) is 2.47. The van der Waals surface area contributed by atoms with Crippen LogP contribution in [0.15, 0.2) is 29.3 Å². The van der Waals surface area contributed by atoms with E-state index in [0.717, 1.165) is 37.0 Å². The van der Waals surface area contributed by atoms with Crippen LogP contribution in [-0.4, -0.2) is 32.5 Å². The third kappa shape index (κ3) is 3.11. The molecule has 1 aromatic carbocycles. The quantitative estimate of drug-likeness (QED) is 0.918. The van der Waals surface area contributed by atoms with Crippen LogP contribution in [0.1, 0.15) is 12.8 Å². The first-order chi connectivity index (χ1) is 9.25. The first-order valence-corrected chi connectivity index (χ1v) is 7.88. The van der Waals surface area contributed by atoms with E-state index in [4.69, 9.17) is 11.6 Å². The topological polar surface area (TPSA) is 54.9 Å². The molecule has 1 aromatic heterocycles. The number of nitrogens with zero attached hydrogens (tertiary/aromatic N) is 2. The van der Waals surface area contributed by atoms with E-state index in [1.807, 2.05) is 24.3 Å². The van der Waals surface area contributed by atoms with Gasteiger partial charge in [0, 0.05) is 5.25 Å². The summed E-state index contributed by atoms with van der Waals surface area (Å²) in [6.45, 7) is 1.80. The van der Waals surface area contributed by atoms with Crippen LogP contribution in [0.4, 0.5) is 0 Å². The van der Waals surface area contributed by atoms with E-state index < -0.39 is 10.8 Å². The summed E-state index contributed by atoms with van der Waals surface area (Å²) < 4.78 is 12.6. The molecular weight excluding hydrogens is 317 g/mol. The zero-order chi connectivity index (χ0) is 13.2. The number of para-hydroxylation sites is 2. The number of nitrogens with one attached hydrogen (secondary N) is 1. The number of hydrogen-bond donors (Lipinski definition) is 1. The number of piperidine rings is 1. The summed E-state index contributed by atoms with van der Waals surface area (Å²) in [6, 6.07) is 7.49. The SMILES string of the molecule is Cl.O=S(c1nc2ccccc2nc1Cl)C1CCNCC1. The maximum absolute atomic E-state index is 12.6. The normalized spacial score (nSPS) is 17.6. The number of halogens is 2. The summed E-state index contributed by atoms with van der Waals surface area (Å²) in [5.74, 6) is 0. The lowest BCUT2D eigenvalue weighted by atomic mass is 10.2. The predicted molar refractivity (Wildman–Crippen MR) is 84.1 cm³/mol.